The van der Waals surface area contributed by atoms with Gasteiger partial charge in [0.15, 0.2) is 17.4 Å². The highest BCUT2D eigenvalue weighted by Gasteiger charge is 2.31. The third kappa shape index (κ3) is 8.67. The largest absolute Gasteiger partial charge is 0.503 e. The highest BCUT2D eigenvalue weighted by atomic mass is 19.1. The number of halogens is 2. The predicted octanol–water partition coefficient (Wildman–Crippen LogP) is 9.92. The molecule has 3 rings (SSSR count). The fraction of sp³-hybridized carbons (Fsp3) is 0.793. The molecule has 0 spiro atoms. The van der Waals surface area contributed by atoms with Crippen molar-refractivity contribution in [2.45, 2.75) is 129 Å². The van der Waals surface area contributed by atoms with Gasteiger partial charge in [-0.3, -0.25) is 0 Å². The highest BCUT2D eigenvalue weighted by Crippen LogP contribution is 2.45. The van der Waals surface area contributed by atoms with Gasteiger partial charge in [0, 0.05) is 0 Å². The average molecular weight is 451 g/mol. The van der Waals surface area contributed by atoms with Crippen molar-refractivity contribution in [2.24, 2.45) is 17.8 Å². The number of unbranched alkanes of at least 4 members (excludes halogenated alkanes) is 5. The maximum atomic E-state index is 13.6. The van der Waals surface area contributed by atoms with E-state index in [9.17, 15) is 13.9 Å². The number of rotatable bonds is 9. The lowest BCUT2D eigenvalue weighted by atomic mass is 9.68. The van der Waals surface area contributed by atoms with E-state index in [1.807, 2.05) is 0 Å². The molecule has 0 atom stereocenters. The van der Waals surface area contributed by atoms with E-state index in [0.717, 1.165) is 30.6 Å². The first-order chi connectivity index (χ1) is 15.5. The van der Waals surface area contributed by atoms with Gasteiger partial charge in [0.2, 0.25) is 0 Å². The molecule has 0 bridgehead atoms. The van der Waals surface area contributed by atoms with Crippen molar-refractivity contribution in [3.05, 3.63) is 29.3 Å². The Hall–Kier alpha value is -1.12. The number of benzene rings is 1. The van der Waals surface area contributed by atoms with E-state index in [2.05, 4.69) is 20.8 Å². The quantitative estimate of drug-likeness (QED) is 0.371. The van der Waals surface area contributed by atoms with Crippen LogP contribution >= 0.6 is 0 Å². The van der Waals surface area contributed by atoms with Gasteiger partial charge in [-0.05, 0) is 79.9 Å². The lowest BCUT2D eigenvalue weighted by Crippen LogP contribution is -2.25. The van der Waals surface area contributed by atoms with Gasteiger partial charge in [0.25, 0.3) is 0 Å². The molecule has 1 aromatic rings. The average Bonchev–Trinajstić information content (AvgIpc) is 2.81. The van der Waals surface area contributed by atoms with E-state index >= 15 is 0 Å². The first-order valence-corrected chi connectivity index (χ1v) is 13.7. The van der Waals surface area contributed by atoms with Crippen molar-refractivity contribution >= 4 is 0 Å². The topological polar surface area (TPSA) is 20.2 Å². The molecule has 1 N–H and O–H groups in total. The molecule has 32 heavy (non-hydrogen) atoms. The van der Waals surface area contributed by atoms with E-state index in [1.165, 1.54) is 102 Å². The van der Waals surface area contributed by atoms with Crippen LogP contribution in [0.15, 0.2) is 12.1 Å². The van der Waals surface area contributed by atoms with Crippen LogP contribution in [0.25, 0.3) is 0 Å². The molecule has 1 aromatic carbocycles. The van der Waals surface area contributed by atoms with E-state index in [1.54, 1.807) is 0 Å². The Morgan fingerprint density at radius 3 is 1.59 bits per heavy atom. The molecule has 0 saturated heterocycles. The van der Waals surface area contributed by atoms with Crippen LogP contribution in [0.4, 0.5) is 8.78 Å². The fourth-order valence-corrected chi connectivity index (χ4v) is 5.95. The minimum absolute atomic E-state index is 0.238. The van der Waals surface area contributed by atoms with Crippen molar-refractivity contribution in [3.8, 4) is 5.75 Å². The van der Waals surface area contributed by atoms with Gasteiger partial charge in [-0.1, -0.05) is 85.0 Å². The second-order valence-corrected chi connectivity index (χ2v) is 10.4. The zero-order valence-corrected chi connectivity index (χ0v) is 21.0. The van der Waals surface area contributed by atoms with Crippen molar-refractivity contribution in [2.75, 3.05) is 0 Å². The third-order valence-electron chi connectivity index (χ3n) is 7.99. The van der Waals surface area contributed by atoms with Gasteiger partial charge < -0.3 is 5.11 Å². The molecule has 0 aliphatic heterocycles. The molecule has 2 saturated carbocycles. The third-order valence-corrected chi connectivity index (χ3v) is 7.99. The summed E-state index contributed by atoms with van der Waals surface area (Å²) in [5, 5.41) is 9.25. The summed E-state index contributed by atoms with van der Waals surface area (Å²) in [4.78, 5) is 0. The molecular formula is C29H48F2O. The van der Waals surface area contributed by atoms with Crippen LogP contribution in [0.2, 0.25) is 0 Å². The van der Waals surface area contributed by atoms with E-state index in [4.69, 9.17) is 0 Å². The van der Waals surface area contributed by atoms with Crippen molar-refractivity contribution in [1.82, 2.24) is 0 Å². The zero-order chi connectivity index (χ0) is 23.3. The van der Waals surface area contributed by atoms with E-state index in [-0.39, 0.29) is 5.92 Å². The Balaban J connectivity index is 0.000000390. The van der Waals surface area contributed by atoms with Crippen molar-refractivity contribution in [1.29, 1.82) is 0 Å². The molecule has 184 valence electrons. The Morgan fingerprint density at radius 1 is 0.688 bits per heavy atom. The fourth-order valence-electron chi connectivity index (χ4n) is 5.95. The first kappa shape index (κ1) is 27.1. The zero-order valence-electron chi connectivity index (χ0n) is 21.0. The second-order valence-electron chi connectivity index (χ2n) is 10.4. The predicted molar refractivity (Wildman–Crippen MR) is 132 cm³/mol. The first-order valence-electron chi connectivity index (χ1n) is 13.7. The Labute approximate surface area is 196 Å². The number of hydrogen-bond donors (Lipinski definition) is 1. The van der Waals surface area contributed by atoms with Gasteiger partial charge in [0.1, 0.15) is 0 Å². The van der Waals surface area contributed by atoms with Gasteiger partial charge in [-0.2, -0.15) is 0 Å². The molecular weight excluding hydrogens is 402 g/mol. The van der Waals surface area contributed by atoms with Gasteiger partial charge in [0.05, 0.1) is 0 Å². The Kier molecular flexibility index (Phi) is 12.6. The molecule has 2 fully saturated rings. The lowest BCUT2D eigenvalue weighted by Gasteiger charge is -2.38. The summed E-state index contributed by atoms with van der Waals surface area (Å²) < 4.78 is 27.1. The number of aromatic hydroxyl groups is 1. The summed E-state index contributed by atoms with van der Waals surface area (Å²) in [7, 11) is 0. The summed E-state index contributed by atoms with van der Waals surface area (Å²) in [5.74, 6) is 0.342. The molecule has 2 aliphatic rings. The summed E-state index contributed by atoms with van der Waals surface area (Å²) in [5.41, 5.74) is 0.716. The molecule has 0 aromatic heterocycles. The molecule has 0 radical (unpaired) electrons. The van der Waals surface area contributed by atoms with Crippen molar-refractivity contribution in [3.63, 3.8) is 0 Å². The van der Waals surface area contributed by atoms with Crippen LogP contribution in [0.3, 0.4) is 0 Å². The maximum absolute atomic E-state index is 13.6. The summed E-state index contributed by atoms with van der Waals surface area (Å²) in [6.07, 6.45) is 21.1. The van der Waals surface area contributed by atoms with Gasteiger partial charge in [-0.15, -0.1) is 0 Å². The molecule has 1 nitrogen and oxygen atoms in total. The van der Waals surface area contributed by atoms with E-state index < -0.39 is 17.4 Å². The van der Waals surface area contributed by atoms with E-state index in [0.29, 0.717) is 5.56 Å². The number of hydrogen-bond acceptors (Lipinski definition) is 1. The Bertz CT molecular complexity index is 599. The monoisotopic (exact) mass is 450 g/mol. The molecule has 0 unspecified atom stereocenters. The van der Waals surface area contributed by atoms with Crippen LogP contribution in [0.1, 0.15) is 135 Å². The lowest BCUT2D eigenvalue weighted by molar-refractivity contribution is 0.156. The minimum atomic E-state index is -0.851. The van der Waals surface area contributed by atoms with Crippen LogP contribution in [-0.2, 0) is 0 Å². The van der Waals surface area contributed by atoms with Gasteiger partial charge >= 0.3 is 0 Å². The maximum Gasteiger partial charge on any atom is 0.187 e. The van der Waals surface area contributed by atoms with Crippen LogP contribution < -0.4 is 0 Å². The van der Waals surface area contributed by atoms with Gasteiger partial charge in [-0.25, -0.2) is 8.78 Å². The molecule has 2 aliphatic carbocycles. The Morgan fingerprint density at radius 2 is 1.16 bits per heavy atom. The SMILES string of the molecule is CCCC1CCC(C2CCC(c3cc(F)c(O)c(F)c3)CC2)CC1.CCCCCCCC. The van der Waals surface area contributed by atoms with Crippen LogP contribution in [0.5, 0.6) is 5.75 Å². The highest BCUT2D eigenvalue weighted by molar-refractivity contribution is 5.32. The summed E-state index contributed by atoms with van der Waals surface area (Å²) in [6, 6.07) is 2.64. The van der Waals surface area contributed by atoms with Crippen molar-refractivity contribution < 1.29 is 13.9 Å². The van der Waals surface area contributed by atoms with Crippen LogP contribution in [0, 0.1) is 29.4 Å². The molecule has 0 heterocycles. The summed E-state index contributed by atoms with van der Waals surface area (Å²) in [6.45, 7) is 6.79. The smallest absolute Gasteiger partial charge is 0.187 e. The molecule has 0 amide bonds. The number of phenols is 1. The number of phenolic OH excluding ortho intramolecular Hbond substituents is 1. The van der Waals surface area contributed by atoms with Crippen LogP contribution in [-0.4, -0.2) is 5.11 Å². The summed E-state index contributed by atoms with van der Waals surface area (Å²) >= 11 is 0. The standard InChI is InChI=1S/C21H30F2O.C8H18/c1-2-3-14-4-6-15(7-5-14)16-8-10-17(11-9-16)18-12-19(22)21(24)20(23)13-18;1-3-5-7-8-6-4-2/h12-17,24H,2-11H2,1H3;3-8H2,1-2H3. The molecule has 3 heteroatoms. The second kappa shape index (κ2) is 14.9. The minimum Gasteiger partial charge on any atom is -0.503 e. The normalized spacial score (nSPS) is 25.8.